The van der Waals surface area contributed by atoms with Gasteiger partial charge >= 0.3 is 0 Å². The van der Waals surface area contributed by atoms with E-state index in [1.54, 1.807) is 6.92 Å². The first-order chi connectivity index (χ1) is 4.65. The van der Waals surface area contributed by atoms with Gasteiger partial charge in [-0.25, -0.2) is 8.78 Å². The van der Waals surface area contributed by atoms with Gasteiger partial charge in [0.25, 0.3) is 0 Å². The van der Waals surface area contributed by atoms with E-state index in [0.29, 0.717) is 26.1 Å². The first kappa shape index (κ1) is 7.92. The smallest absolute Gasteiger partial charge is 0.244 e. The minimum atomic E-state index is -2.20. The maximum atomic E-state index is 12.2. The molecule has 1 saturated heterocycles. The fourth-order valence-electron chi connectivity index (χ4n) is 1.06. The van der Waals surface area contributed by atoms with Crippen LogP contribution < -0.4 is 0 Å². The van der Waals surface area contributed by atoms with Crippen molar-refractivity contribution in [2.24, 2.45) is 5.41 Å². The lowest BCUT2D eigenvalue weighted by Gasteiger charge is -2.32. The molecule has 1 fully saturated rings. The molecule has 0 aromatic rings. The first-order valence-electron chi connectivity index (χ1n) is 3.51. The van der Waals surface area contributed by atoms with Crippen LogP contribution in [0.25, 0.3) is 0 Å². The zero-order valence-corrected chi connectivity index (χ0v) is 6.07. The molecular weight excluding hydrogens is 138 g/mol. The summed E-state index contributed by atoms with van der Waals surface area (Å²) >= 11 is 0. The average Bonchev–Trinajstić information content (AvgIpc) is 1.89. The summed E-state index contributed by atoms with van der Waals surface area (Å²) in [7, 11) is 0. The highest BCUT2D eigenvalue weighted by Gasteiger charge is 2.36. The predicted molar refractivity (Wildman–Crippen MR) is 34.2 cm³/mol. The standard InChI is InChI=1S/C7H12F2O/c1-7(6(8)9)2-4-10-5-3-7/h6H,2-5H2,1H3. The van der Waals surface area contributed by atoms with Gasteiger partial charge in [-0.3, -0.25) is 0 Å². The van der Waals surface area contributed by atoms with Gasteiger partial charge in [0, 0.05) is 18.6 Å². The molecule has 1 aliphatic rings. The Bertz CT molecular complexity index is 108. The topological polar surface area (TPSA) is 9.23 Å². The lowest BCUT2D eigenvalue weighted by atomic mass is 9.83. The fourth-order valence-corrected chi connectivity index (χ4v) is 1.06. The predicted octanol–water partition coefficient (Wildman–Crippen LogP) is 2.07. The highest BCUT2D eigenvalue weighted by atomic mass is 19.3. The third-order valence-electron chi connectivity index (χ3n) is 2.16. The summed E-state index contributed by atoms with van der Waals surface area (Å²) in [6, 6.07) is 0. The molecule has 0 N–H and O–H groups in total. The largest absolute Gasteiger partial charge is 0.381 e. The summed E-state index contributed by atoms with van der Waals surface area (Å²) in [6.45, 7) is 2.60. The van der Waals surface area contributed by atoms with Crippen molar-refractivity contribution in [1.29, 1.82) is 0 Å². The van der Waals surface area contributed by atoms with Crippen molar-refractivity contribution in [1.82, 2.24) is 0 Å². The Balaban J connectivity index is 2.48. The monoisotopic (exact) mass is 150 g/mol. The summed E-state index contributed by atoms with van der Waals surface area (Å²) < 4.78 is 29.5. The third kappa shape index (κ3) is 1.45. The first-order valence-corrected chi connectivity index (χ1v) is 3.51. The van der Waals surface area contributed by atoms with E-state index in [1.807, 2.05) is 0 Å². The van der Waals surface area contributed by atoms with Crippen molar-refractivity contribution in [3.63, 3.8) is 0 Å². The Morgan fingerprint density at radius 3 is 2.10 bits per heavy atom. The van der Waals surface area contributed by atoms with E-state index in [1.165, 1.54) is 0 Å². The third-order valence-corrected chi connectivity index (χ3v) is 2.16. The van der Waals surface area contributed by atoms with Gasteiger partial charge in [-0.05, 0) is 12.8 Å². The van der Waals surface area contributed by atoms with Gasteiger partial charge in [0.05, 0.1) is 0 Å². The molecule has 0 radical (unpaired) electrons. The van der Waals surface area contributed by atoms with Gasteiger partial charge < -0.3 is 4.74 Å². The number of alkyl halides is 2. The van der Waals surface area contributed by atoms with Crippen molar-refractivity contribution in [3.8, 4) is 0 Å². The Kier molecular flexibility index (Phi) is 2.24. The van der Waals surface area contributed by atoms with Gasteiger partial charge in [0.1, 0.15) is 0 Å². The quantitative estimate of drug-likeness (QED) is 0.556. The molecule has 0 spiro atoms. The van der Waals surface area contributed by atoms with Crippen LogP contribution in [0.5, 0.6) is 0 Å². The van der Waals surface area contributed by atoms with E-state index in [2.05, 4.69) is 0 Å². The van der Waals surface area contributed by atoms with Gasteiger partial charge in [-0.2, -0.15) is 0 Å². The van der Waals surface area contributed by atoms with Crippen LogP contribution >= 0.6 is 0 Å². The minimum Gasteiger partial charge on any atom is -0.381 e. The van der Waals surface area contributed by atoms with Crippen LogP contribution in [0.2, 0.25) is 0 Å². The number of rotatable bonds is 1. The summed E-state index contributed by atoms with van der Waals surface area (Å²) in [5.41, 5.74) is -0.780. The normalized spacial score (nSPS) is 25.2. The Morgan fingerprint density at radius 2 is 1.80 bits per heavy atom. The number of ether oxygens (including phenoxy) is 1. The molecular formula is C7H12F2O. The van der Waals surface area contributed by atoms with Crippen LogP contribution in [0.3, 0.4) is 0 Å². The second-order valence-corrected chi connectivity index (χ2v) is 3.07. The van der Waals surface area contributed by atoms with E-state index < -0.39 is 11.8 Å². The fraction of sp³-hybridized carbons (Fsp3) is 1.00. The van der Waals surface area contributed by atoms with E-state index >= 15 is 0 Å². The molecule has 1 heterocycles. The maximum Gasteiger partial charge on any atom is 0.244 e. The summed E-state index contributed by atoms with van der Waals surface area (Å²) in [5, 5.41) is 0. The highest BCUT2D eigenvalue weighted by Crippen LogP contribution is 2.35. The van der Waals surface area contributed by atoms with Crippen molar-refractivity contribution in [2.75, 3.05) is 13.2 Å². The molecule has 0 atom stereocenters. The van der Waals surface area contributed by atoms with Crippen molar-refractivity contribution >= 4 is 0 Å². The lowest BCUT2D eigenvalue weighted by molar-refractivity contribution is -0.0688. The van der Waals surface area contributed by atoms with Gasteiger partial charge in [0.15, 0.2) is 0 Å². The second-order valence-electron chi connectivity index (χ2n) is 3.07. The molecule has 0 aliphatic carbocycles. The molecule has 0 amide bonds. The maximum absolute atomic E-state index is 12.2. The van der Waals surface area contributed by atoms with Crippen LogP contribution in [-0.4, -0.2) is 19.6 Å². The van der Waals surface area contributed by atoms with Crippen LogP contribution in [0.4, 0.5) is 8.78 Å². The number of halogens is 2. The molecule has 0 unspecified atom stereocenters. The Hall–Kier alpha value is -0.180. The van der Waals surface area contributed by atoms with Gasteiger partial charge in [0.2, 0.25) is 6.43 Å². The molecule has 1 nitrogen and oxygen atoms in total. The van der Waals surface area contributed by atoms with Crippen molar-refractivity contribution < 1.29 is 13.5 Å². The zero-order valence-electron chi connectivity index (χ0n) is 6.07. The minimum absolute atomic E-state index is 0.487. The molecule has 0 aromatic heterocycles. The van der Waals surface area contributed by atoms with E-state index in [9.17, 15) is 8.78 Å². The lowest BCUT2D eigenvalue weighted by Crippen LogP contribution is -2.32. The zero-order chi connectivity index (χ0) is 7.61. The van der Waals surface area contributed by atoms with Crippen LogP contribution in [0.15, 0.2) is 0 Å². The van der Waals surface area contributed by atoms with Gasteiger partial charge in [-0.1, -0.05) is 6.92 Å². The SMILES string of the molecule is CC1(C(F)F)CCOCC1. The Labute approximate surface area is 59.4 Å². The average molecular weight is 150 g/mol. The van der Waals surface area contributed by atoms with Crippen molar-refractivity contribution in [2.45, 2.75) is 26.2 Å². The van der Waals surface area contributed by atoms with Crippen LogP contribution in [0, 0.1) is 5.41 Å². The molecule has 0 bridgehead atoms. The molecule has 60 valence electrons. The second kappa shape index (κ2) is 2.82. The van der Waals surface area contributed by atoms with E-state index in [0.717, 1.165) is 0 Å². The number of hydrogen-bond donors (Lipinski definition) is 0. The molecule has 1 aliphatic heterocycles. The number of hydrogen-bond acceptors (Lipinski definition) is 1. The van der Waals surface area contributed by atoms with Crippen LogP contribution in [-0.2, 0) is 4.74 Å². The molecule has 3 heteroatoms. The van der Waals surface area contributed by atoms with Gasteiger partial charge in [-0.15, -0.1) is 0 Å². The summed E-state index contributed by atoms with van der Waals surface area (Å²) in [6.07, 6.45) is -1.22. The highest BCUT2D eigenvalue weighted by molar-refractivity contribution is 4.79. The summed E-state index contributed by atoms with van der Waals surface area (Å²) in [5.74, 6) is 0. The molecule has 0 saturated carbocycles. The van der Waals surface area contributed by atoms with Crippen molar-refractivity contribution in [3.05, 3.63) is 0 Å². The Morgan fingerprint density at radius 1 is 1.30 bits per heavy atom. The molecule has 0 aromatic carbocycles. The summed E-state index contributed by atoms with van der Waals surface area (Å²) in [4.78, 5) is 0. The molecule has 10 heavy (non-hydrogen) atoms. The molecule has 1 rings (SSSR count). The van der Waals surface area contributed by atoms with Crippen LogP contribution in [0.1, 0.15) is 19.8 Å². The van der Waals surface area contributed by atoms with E-state index in [4.69, 9.17) is 4.74 Å². The van der Waals surface area contributed by atoms with E-state index in [-0.39, 0.29) is 0 Å².